The van der Waals surface area contributed by atoms with Gasteiger partial charge in [0, 0.05) is 0 Å². The molecule has 0 saturated heterocycles. The minimum Gasteiger partial charge on any atom is -0.394 e. The van der Waals surface area contributed by atoms with E-state index in [1.54, 1.807) is 0 Å². The fraction of sp³-hybridized carbons (Fsp3) is 0.875. The lowest BCUT2D eigenvalue weighted by molar-refractivity contribution is -0.121. The Kier molecular flexibility index (Phi) is 5.50. The van der Waals surface area contributed by atoms with Crippen molar-refractivity contribution in [3.8, 4) is 0 Å². The fourth-order valence-corrected chi connectivity index (χ4v) is 1.16. The van der Waals surface area contributed by atoms with Gasteiger partial charge in [0.1, 0.15) is 0 Å². The summed E-state index contributed by atoms with van der Waals surface area (Å²) in [4.78, 5) is 11.0. The number of carbonyl (C=O) groups excluding carboxylic acids is 1. The first-order chi connectivity index (χ1) is 5.64. The third-order valence-corrected chi connectivity index (χ3v) is 2.69. The number of alkyl halides is 1. The van der Waals surface area contributed by atoms with Crippen LogP contribution in [0.15, 0.2) is 0 Å². The smallest absolute Gasteiger partial charge is 0.231 e. The predicted molar refractivity (Wildman–Crippen MR) is 52.3 cm³/mol. The first-order valence-electron chi connectivity index (χ1n) is 4.12. The van der Waals surface area contributed by atoms with E-state index in [4.69, 9.17) is 5.11 Å². The van der Waals surface area contributed by atoms with Gasteiger partial charge in [-0.05, 0) is 12.8 Å². The van der Waals surface area contributed by atoms with Crippen molar-refractivity contribution in [3.05, 3.63) is 0 Å². The van der Waals surface area contributed by atoms with Crippen molar-refractivity contribution >= 4 is 21.8 Å². The molecule has 0 aromatic carbocycles. The molecule has 72 valence electrons. The van der Waals surface area contributed by atoms with Gasteiger partial charge in [-0.25, -0.2) is 0 Å². The number of amides is 1. The summed E-state index contributed by atoms with van der Waals surface area (Å²) in [5.41, 5.74) is -0.426. The molecule has 0 heterocycles. The molecule has 0 aromatic heterocycles. The second-order valence-electron chi connectivity index (χ2n) is 2.83. The lowest BCUT2D eigenvalue weighted by Gasteiger charge is -2.30. The Morgan fingerprint density at radius 3 is 2.25 bits per heavy atom. The van der Waals surface area contributed by atoms with Gasteiger partial charge >= 0.3 is 0 Å². The molecular weight excluding hydrogens is 222 g/mol. The molecule has 0 aliphatic carbocycles. The quantitative estimate of drug-likeness (QED) is 0.703. The molecule has 2 N–H and O–H groups in total. The van der Waals surface area contributed by atoms with Crippen LogP contribution in [0.1, 0.15) is 26.7 Å². The zero-order valence-electron chi connectivity index (χ0n) is 7.56. The summed E-state index contributed by atoms with van der Waals surface area (Å²) < 4.78 is 0. The Hall–Kier alpha value is -0.0900. The van der Waals surface area contributed by atoms with Gasteiger partial charge < -0.3 is 10.4 Å². The predicted octanol–water partition coefficient (Wildman–Crippen LogP) is 1.05. The van der Waals surface area contributed by atoms with E-state index in [-0.39, 0.29) is 17.8 Å². The normalized spacial score (nSPS) is 11.3. The number of halogens is 1. The third kappa shape index (κ3) is 3.11. The maximum atomic E-state index is 11.0. The third-order valence-electron chi connectivity index (χ3n) is 2.18. The summed E-state index contributed by atoms with van der Waals surface area (Å²) in [6, 6.07) is 0. The first-order valence-corrected chi connectivity index (χ1v) is 5.24. The minimum atomic E-state index is -0.426. The molecular formula is C8H16BrNO2. The molecule has 0 aromatic rings. The number of aliphatic hydroxyl groups excluding tert-OH is 1. The van der Waals surface area contributed by atoms with E-state index >= 15 is 0 Å². The SMILES string of the molecule is CCC(CC)(CO)NC(=O)CBr. The monoisotopic (exact) mass is 237 g/mol. The molecule has 0 fully saturated rings. The van der Waals surface area contributed by atoms with Crippen molar-refractivity contribution in [2.24, 2.45) is 0 Å². The van der Waals surface area contributed by atoms with E-state index in [1.807, 2.05) is 13.8 Å². The average molecular weight is 238 g/mol. The number of aliphatic hydroxyl groups is 1. The molecule has 1 amide bonds. The van der Waals surface area contributed by atoms with Crippen LogP contribution in [0.2, 0.25) is 0 Å². The minimum absolute atomic E-state index is 0.00125. The van der Waals surface area contributed by atoms with E-state index in [9.17, 15) is 4.79 Å². The van der Waals surface area contributed by atoms with Gasteiger partial charge in [0.15, 0.2) is 0 Å². The molecule has 3 nitrogen and oxygen atoms in total. The molecule has 0 unspecified atom stereocenters. The van der Waals surface area contributed by atoms with Crippen molar-refractivity contribution in [2.45, 2.75) is 32.2 Å². The van der Waals surface area contributed by atoms with Gasteiger partial charge in [-0.2, -0.15) is 0 Å². The Morgan fingerprint density at radius 2 is 2.00 bits per heavy atom. The van der Waals surface area contributed by atoms with Gasteiger partial charge in [-0.15, -0.1) is 0 Å². The van der Waals surface area contributed by atoms with Crippen molar-refractivity contribution < 1.29 is 9.90 Å². The maximum Gasteiger partial charge on any atom is 0.231 e. The number of rotatable bonds is 5. The summed E-state index contributed by atoms with van der Waals surface area (Å²) >= 11 is 3.06. The molecule has 4 heteroatoms. The Labute approximate surface area is 81.7 Å². The Balaban J connectivity index is 4.19. The summed E-state index contributed by atoms with van der Waals surface area (Å²) in [6.45, 7) is 3.90. The van der Waals surface area contributed by atoms with Crippen LogP contribution in [0.25, 0.3) is 0 Å². The summed E-state index contributed by atoms with van der Waals surface area (Å²) in [5.74, 6) is -0.0762. The zero-order chi connectivity index (χ0) is 9.61. The van der Waals surface area contributed by atoms with Crippen LogP contribution < -0.4 is 5.32 Å². The van der Waals surface area contributed by atoms with E-state index in [2.05, 4.69) is 21.2 Å². The van der Waals surface area contributed by atoms with E-state index in [1.165, 1.54) is 0 Å². The van der Waals surface area contributed by atoms with Crippen LogP contribution in [0.4, 0.5) is 0 Å². The molecule has 0 aliphatic heterocycles. The lowest BCUT2D eigenvalue weighted by Crippen LogP contribution is -2.50. The van der Waals surface area contributed by atoms with Crippen molar-refractivity contribution in [1.29, 1.82) is 0 Å². The molecule has 0 rings (SSSR count). The number of carbonyl (C=O) groups is 1. The van der Waals surface area contributed by atoms with Crippen molar-refractivity contribution in [1.82, 2.24) is 5.32 Å². The van der Waals surface area contributed by atoms with Crippen LogP contribution in [0.3, 0.4) is 0 Å². The van der Waals surface area contributed by atoms with Gasteiger partial charge in [-0.3, -0.25) is 4.79 Å². The molecule has 0 radical (unpaired) electrons. The second-order valence-corrected chi connectivity index (χ2v) is 3.39. The van der Waals surface area contributed by atoms with Crippen LogP contribution >= 0.6 is 15.9 Å². The number of hydrogen-bond donors (Lipinski definition) is 2. The highest BCUT2D eigenvalue weighted by Crippen LogP contribution is 2.13. The number of nitrogens with one attached hydrogen (secondary N) is 1. The average Bonchev–Trinajstić information content (AvgIpc) is 2.14. The molecule has 12 heavy (non-hydrogen) atoms. The molecule has 0 aliphatic rings. The van der Waals surface area contributed by atoms with Crippen LogP contribution in [0.5, 0.6) is 0 Å². The van der Waals surface area contributed by atoms with Crippen LogP contribution in [-0.2, 0) is 4.79 Å². The summed E-state index contributed by atoms with van der Waals surface area (Å²) in [5, 5.41) is 12.2. The Morgan fingerprint density at radius 1 is 1.50 bits per heavy atom. The summed E-state index contributed by atoms with van der Waals surface area (Å²) in [7, 11) is 0. The van der Waals surface area contributed by atoms with Crippen LogP contribution in [0, 0.1) is 0 Å². The van der Waals surface area contributed by atoms with E-state index in [0.717, 1.165) is 12.8 Å². The highest BCUT2D eigenvalue weighted by atomic mass is 79.9. The van der Waals surface area contributed by atoms with E-state index in [0.29, 0.717) is 0 Å². The van der Waals surface area contributed by atoms with Crippen molar-refractivity contribution in [3.63, 3.8) is 0 Å². The van der Waals surface area contributed by atoms with Gasteiger partial charge in [0.25, 0.3) is 0 Å². The number of hydrogen-bond acceptors (Lipinski definition) is 2. The topological polar surface area (TPSA) is 49.3 Å². The lowest BCUT2D eigenvalue weighted by atomic mass is 9.94. The summed E-state index contributed by atoms with van der Waals surface area (Å²) in [6.07, 6.45) is 1.50. The van der Waals surface area contributed by atoms with Gasteiger partial charge in [-0.1, -0.05) is 29.8 Å². The fourth-order valence-electron chi connectivity index (χ4n) is 1.02. The second kappa shape index (κ2) is 5.54. The standard InChI is InChI=1S/C8H16BrNO2/c1-3-8(4-2,6-11)10-7(12)5-9/h11H,3-6H2,1-2H3,(H,10,12). The van der Waals surface area contributed by atoms with Crippen LogP contribution in [-0.4, -0.2) is 28.5 Å². The molecule has 0 spiro atoms. The molecule has 0 bridgehead atoms. The van der Waals surface area contributed by atoms with Gasteiger partial charge in [0.2, 0.25) is 5.91 Å². The zero-order valence-corrected chi connectivity index (χ0v) is 9.15. The highest BCUT2D eigenvalue weighted by molar-refractivity contribution is 9.09. The molecule has 0 atom stereocenters. The Bertz CT molecular complexity index is 138. The molecule has 0 saturated carbocycles. The first kappa shape index (κ1) is 11.9. The highest BCUT2D eigenvalue weighted by Gasteiger charge is 2.26. The largest absolute Gasteiger partial charge is 0.394 e. The van der Waals surface area contributed by atoms with Crippen molar-refractivity contribution in [2.75, 3.05) is 11.9 Å². The van der Waals surface area contributed by atoms with E-state index < -0.39 is 5.54 Å². The van der Waals surface area contributed by atoms with Gasteiger partial charge in [0.05, 0.1) is 17.5 Å². The maximum absolute atomic E-state index is 11.0.